The van der Waals surface area contributed by atoms with Crippen molar-refractivity contribution in [3.05, 3.63) is 53.3 Å². The van der Waals surface area contributed by atoms with Crippen LogP contribution in [0.15, 0.2) is 41.7 Å². The first-order chi connectivity index (χ1) is 13.4. The highest BCUT2D eigenvalue weighted by atomic mass is 16.1. The predicted molar refractivity (Wildman–Crippen MR) is 113 cm³/mol. The third kappa shape index (κ3) is 6.09. The molecular weight excluding hydrogens is 354 g/mol. The lowest BCUT2D eigenvalue weighted by molar-refractivity contribution is 0.0963. The highest BCUT2D eigenvalue weighted by molar-refractivity contribution is 5.94. The summed E-state index contributed by atoms with van der Waals surface area (Å²) in [5.41, 5.74) is 2.93. The van der Waals surface area contributed by atoms with Crippen molar-refractivity contribution in [1.82, 2.24) is 30.6 Å². The van der Waals surface area contributed by atoms with Crippen LogP contribution in [0.5, 0.6) is 0 Å². The van der Waals surface area contributed by atoms with Crippen molar-refractivity contribution < 1.29 is 4.79 Å². The third-order valence-electron chi connectivity index (χ3n) is 4.54. The average molecular weight is 386 g/mol. The zero-order chi connectivity index (χ0) is 20.5. The molecule has 3 N–H and O–H groups in total. The molecule has 1 aromatic heterocycles. The largest absolute Gasteiger partial charge is 0.356 e. The Labute approximate surface area is 167 Å². The maximum Gasteiger partial charge on any atom is 0.251 e. The number of likely N-dealkylation sites (N-methyl/N-ethyl adjacent to an activating group) is 1. The van der Waals surface area contributed by atoms with E-state index in [1.165, 1.54) is 0 Å². The molecule has 1 unspecified atom stereocenters. The van der Waals surface area contributed by atoms with Crippen LogP contribution in [-0.4, -0.2) is 67.8 Å². The fraction of sp³-hybridized carbons (Fsp3) is 0.450. The van der Waals surface area contributed by atoms with E-state index >= 15 is 0 Å². The average Bonchev–Trinajstić information content (AvgIpc) is 3.12. The van der Waals surface area contributed by atoms with E-state index in [-0.39, 0.29) is 11.9 Å². The molecule has 8 heteroatoms. The van der Waals surface area contributed by atoms with E-state index in [2.05, 4.69) is 45.0 Å². The normalized spacial score (nSPS) is 12.7. The topological polar surface area (TPSA) is 86.6 Å². The first-order valence-corrected chi connectivity index (χ1v) is 9.35. The highest BCUT2D eigenvalue weighted by Crippen LogP contribution is 2.16. The number of aromatic nitrogens is 2. The van der Waals surface area contributed by atoms with Gasteiger partial charge in [-0.25, -0.2) is 0 Å². The molecule has 2 aromatic rings. The summed E-state index contributed by atoms with van der Waals surface area (Å²) in [6, 6.07) is 7.85. The molecule has 0 bridgehead atoms. The number of benzene rings is 1. The summed E-state index contributed by atoms with van der Waals surface area (Å²) in [6.07, 6.45) is 4.72. The van der Waals surface area contributed by atoms with Crippen molar-refractivity contribution in [3.63, 3.8) is 0 Å². The maximum absolute atomic E-state index is 11.8. The first kappa shape index (κ1) is 21.4. The van der Waals surface area contributed by atoms with E-state index in [1.54, 1.807) is 14.1 Å². The number of guanidine groups is 1. The molecule has 1 aromatic carbocycles. The highest BCUT2D eigenvalue weighted by Gasteiger charge is 2.16. The van der Waals surface area contributed by atoms with Crippen LogP contribution >= 0.6 is 0 Å². The van der Waals surface area contributed by atoms with Gasteiger partial charge >= 0.3 is 0 Å². The quantitative estimate of drug-likeness (QED) is 0.462. The summed E-state index contributed by atoms with van der Waals surface area (Å²) in [4.78, 5) is 18.2. The van der Waals surface area contributed by atoms with Gasteiger partial charge in [0.15, 0.2) is 5.96 Å². The summed E-state index contributed by atoms with van der Waals surface area (Å²) in [7, 11) is 9.42. The molecule has 0 saturated heterocycles. The van der Waals surface area contributed by atoms with Crippen molar-refractivity contribution in [1.29, 1.82) is 0 Å². The number of carbonyl (C=O) groups is 1. The minimum Gasteiger partial charge on any atom is -0.356 e. The summed E-state index contributed by atoms with van der Waals surface area (Å²) in [5, 5.41) is 13.6. The lowest BCUT2D eigenvalue weighted by Crippen LogP contribution is -2.42. The van der Waals surface area contributed by atoms with Crippen LogP contribution in [0, 0.1) is 0 Å². The van der Waals surface area contributed by atoms with Crippen LogP contribution in [0.2, 0.25) is 0 Å². The fourth-order valence-corrected chi connectivity index (χ4v) is 2.96. The molecule has 1 amide bonds. The van der Waals surface area contributed by atoms with E-state index < -0.39 is 0 Å². The van der Waals surface area contributed by atoms with Crippen LogP contribution in [0.4, 0.5) is 0 Å². The van der Waals surface area contributed by atoms with Crippen molar-refractivity contribution in [3.8, 4) is 0 Å². The van der Waals surface area contributed by atoms with Gasteiger partial charge in [-0.2, -0.15) is 5.10 Å². The van der Waals surface area contributed by atoms with E-state index in [1.807, 2.05) is 48.4 Å². The van der Waals surface area contributed by atoms with Crippen molar-refractivity contribution in [2.24, 2.45) is 12.0 Å². The van der Waals surface area contributed by atoms with Crippen LogP contribution in [-0.2, 0) is 13.5 Å². The SMILES string of the molecule is CN=C(NCCc1cccc(C(=O)NC)c1)NCC(c1cnn(C)c1)N(C)C. The lowest BCUT2D eigenvalue weighted by atomic mass is 10.1. The number of nitrogens with one attached hydrogen (secondary N) is 3. The molecule has 0 fully saturated rings. The Kier molecular flexibility index (Phi) is 8.01. The van der Waals surface area contributed by atoms with E-state index in [4.69, 9.17) is 0 Å². The Morgan fingerprint density at radius 1 is 1.32 bits per heavy atom. The monoisotopic (exact) mass is 385 g/mol. The van der Waals surface area contributed by atoms with Gasteiger partial charge in [-0.1, -0.05) is 12.1 Å². The molecule has 1 atom stereocenters. The predicted octanol–water partition coefficient (Wildman–Crippen LogP) is 0.790. The number of carbonyl (C=O) groups excluding carboxylic acids is 1. The number of aliphatic imine (C=N–C) groups is 1. The van der Waals surface area contributed by atoms with Gasteiger partial charge in [0.1, 0.15) is 0 Å². The summed E-state index contributed by atoms with van der Waals surface area (Å²) in [5.74, 6) is 0.676. The number of aryl methyl sites for hydroxylation is 1. The number of hydrogen-bond donors (Lipinski definition) is 3. The van der Waals surface area contributed by atoms with E-state index in [0.29, 0.717) is 12.1 Å². The summed E-state index contributed by atoms with van der Waals surface area (Å²) in [6.45, 7) is 1.43. The van der Waals surface area contributed by atoms with Gasteiger partial charge in [0, 0.05) is 51.6 Å². The van der Waals surface area contributed by atoms with Gasteiger partial charge in [0.05, 0.1) is 12.2 Å². The zero-order valence-electron chi connectivity index (χ0n) is 17.4. The van der Waals surface area contributed by atoms with Crippen molar-refractivity contribution in [2.45, 2.75) is 12.5 Å². The van der Waals surface area contributed by atoms with E-state index in [0.717, 1.165) is 30.1 Å². The Hall–Kier alpha value is -2.87. The molecule has 1 heterocycles. The third-order valence-corrected chi connectivity index (χ3v) is 4.54. The Morgan fingerprint density at radius 3 is 2.71 bits per heavy atom. The molecular formula is C20H31N7O. The van der Waals surface area contributed by atoms with Crippen LogP contribution in [0.25, 0.3) is 0 Å². The smallest absolute Gasteiger partial charge is 0.251 e. The second-order valence-corrected chi connectivity index (χ2v) is 6.84. The Bertz CT molecular complexity index is 797. The number of hydrogen-bond acceptors (Lipinski definition) is 4. The Balaban J connectivity index is 1.86. The lowest BCUT2D eigenvalue weighted by Gasteiger charge is -2.24. The summed E-state index contributed by atoms with van der Waals surface area (Å²) >= 11 is 0. The van der Waals surface area contributed by atoms with Gasteiger partial charge in [0.25, 0.3) is 5.91 Å². The fourth-order valence-electron chi connectivity index (χ4n) is 2.96. The molecule has 0 aliphatic rings. The number of nitrogens with zero attached hydrogens (tertiary/aromatic N) is 4. The molecule has 28 heavy (non-hydrogen) atoms. The molecule has 8 nitrogen and oxygen atoms in total. The maximum atomic E-state index is 11.8. The molecule has 2 rings (SSSR count). The van der Waals surface area contributed by atoms with Gasteiger partial charge in [-0.3, -0.25) is 14.5 Å². The van der Waals surface area contributed by atoms with Crippen LogP contribution in [0.1, 0.15) is 27.5 Å². The van der Waals surface area contributed by atoms with Gasteiger partial charge in [-0.05, 0) is 38.2 Å². The molecule has 0 spiro atoms. The second kappa shape index (κ2) is 10.5. The zero-order valence-corrected chi connectivity index (χ0v) is 17.4. The first-order valence-electron chi connectivity index (χ1n) is 9.35. The van der Waals surface area contributed by atoms with Gasteiger partial charge < -0.3 is 20.9 Å². The molecule has 0 aliphatic carbocycles. The van der Waals surface area contributed by atoms with Crippen LogP contribution < -0.4 is 16.0 Å². The second-order valence-electron chi connectivity index (χ2n) is 6.84. The molecule has 0 radical (unpaired) electrons. The molecule has 0 aliphatic heterocycles. The standard InChI is InChI=1S/C20H31N7O/c1-21-19(28)16-8-6-7-15(11-16)9-10-23-20(22-2)24-13-18(26(3)4)17-12-25-27(5)14-17/h6-8,11-12,14,18H,9-10,13H2,1-5H3,(H,21,28)(H2,22,23,24). The summed E-state index contributed by atoms with van der Waals surface area (Å²) < 4.78 is 1.81. The van der Waals surface area contributed by atoms with Crippen molar-refractivity contribution >= 4 is 11.9 Å². The van der Waals surface area contributed by atoms with Gasteiger partial charge in [0.2, 0.25) is 0 Å². The Morgan fingerprint density at radius 2 is 2.11 bits per heavy atom. The minimum absolute atomic E-state index is 0.0718. The number of amides is 1. The minimum atomic E-state index is -0.0718. The number of rotatable bonds is 8. The molecule has 152 valence electrons. The van der Waals surface area contributed by atoms with E-state index in [9.17, 15) is 4.79 Å². The van der Waals surface area contributed by atoms with Gasteiger partial charge in [-0.15, -0.1) is 0 Å². The van der Waals surface area contributed by atoms with Crippen LogP contribution in [0.3, 0.4) is 0 Å². The van der Waals surface area contributed by atoms with Crippen molar-refractivity contribution in [2.75, 3.05) is 41.3 Å². The molecule has 0 saturated carbocycles.